The number of halogens is 2. The van der Waals surface area contributed by atoms with Crippen molar-refractivity contribution in [2.24, 2.45) is 0 Å². The van der Waals surface area contributed by atoms with Crippen LogP contribution in [-0.4, -0.2) is 16.2 Å². The third-order valence-electron chi connectivity index (χ3n) is 1.56. The number of aromatic hydroxyl groups is 1. The van der Waals surface area contributed by atoms with Crippen LogP contribution in [-0.2, 0) is 0 Å². The van der Waals surface area contributed by atoms with Gasteiger partial charge in [-0.3, -0.25) is 4.79 Å². The number of carbonyl (C=O) groups is 1. The van der Waals surface area contributed by atoms with Crippen molar-refractivity contribution in [3.05, 3.63) is 23.5 Å². The first-order valence-corrected chi connectivity index (χ1v) is 4.56. The number of hydrogen-bond acceptors (Lipinski definition) is 3. The number of anilines is 1. The molecule has 0 aromatic heterocycles. The molecule has 0 aliphatic rings. The third-order valence-corrected chi connectivity index (χ3v) is 2.07. The van der Waals surface area contributed by atoms with E-state index in [0.29, 0.717) is 0 Å². The first kappa shape index (κ1) is 9.98. The summed E-state index contributed by atoms with van der Waals surface area (Å²) in [7, 11) is 0. The number of rotatable bonds is 2. The molecule has 1 aromatic carbocycles. The van der Waals surface area contributed by atoms with E-state index in [1.54, 1.807) is 0 Å². The van der Waals surface area contributed by atoms with Gasteiger partial charge >= 0.3 is 0 Å². The van der Waals surface area contributed by atoms with E-state index in [4.69, 9.17) is 5.73 Å². The first-order valence-electron chi connectivity index (χ1n) is 3.44. The standard InChI is InChI=1S/C8H7BrFNO2/c9-3-6(12)7-4(10)1-2-5(11)8(7)13/h1-2,13H,3,11H2. The third kappa shape index (κ3) is 1.80. The van der Waals surface area contributed by atoms with Crippen molar-refractivity contribution < 1.29 is 14.3 Å². The molecule has 0 heterocycles. The van der Waals surface area contributed by atoms with Crippen molar-refractivity contribution in [1.29, 1.82) is 0 Å². The van der Waals surface area contributed by atoms with E-state index in [1.165, 1.54) is 6.07 Å². The molecule has 13 heavy (non-hydrogen) atoms. The molecule has 5 heteroatoms. The van der Waals surface area contributed by atoms with Gasteiger partial charge in [0.1, 0.15) is 5.82 Å². The highest BCUT2D eigenvalue weighted by molar-refractivity contribution is 9.09. The topological polar surface area (TPSA) is 63.3 Å². The largest absolute Gasteiger partial charge is 0.505 e. The second-order valence-electron chi connectivity index (χ2n) is 2.42. The lowest BCUT2D eigenvalue weighted by molar-refractivity contribution is 0.101. The Morgan fingerprint density at radius 3 is 2.77 bits per heavy atom. The van der Waals surface area contributed by atoms with E-state index >= 15 is 0 Å². The van der Waals surface area contributed by atoms with E-state index in [0.717, 1.165) is 6.07 Å². The molecule has 0 amide bonds. The molecule has 70 valence electrons. The second-order valence-corrected chi connectivity index (χ2v) is 2.98. The summed E-state index contributed by atoms with van der Waals surface area (Å²) in [5, 5.41) is 9.22. The summed E-state index contributed by atoms with van der Waals surface area (Å²) in [6, 6.07) is 2.25. The SMILES string of the molecule is Nc1ccc(F)c(C(=O)CBr)c1O. The van der Waals surface area contributed by atoms with E-state index in [9.17, 15) is 14.3 Å². The fourth-order valence-electron chi connectivity index (χ4n) is 0.915. The zero-order valence-electron chi connectivity index (χ0n) is 6.55. The summed E-state index contributed by atoms with van der Waals surface area (Å²) in [6.07, 6.45) is 0. The Morgan fingerprint density at radius 2 is 2.23 bits per heavy atom. The molecule has 3 nitrogen and oxygen atoms in total. The fraction of sp³-hybridized carbons (Fsp3) is 0.125. The molecular formula is C8H7BrFNO2. The minimum absolute atomic E-state index is 0.00861. The first-order chi connectivity index (χ1) is 6.07. The van der Waals surface area contributed by atoms with E-state index in [1.807, 2.05) is 0 Å². The molecule has 0 saturated heterocycles. The summed E-state index contributed by atoms with van der Waals surface area (Å²) in [6.45, 7) is 0. The molecule has 0 spiro atoms. The molecule has 0 bridgehead atoms. The predicted molar refractivity (Wildman–Crippen MR) is 50.6 cm³/mol. The molecule has 0 radical (unpaired) electrons. The van der Waals surface area contributed by atoms with Crippen molar-refractivity contribution in [1.82, 2.24) is 0 Å². The Bertz CT molecular complexity index is 354. The molecule has 1 aromatic rings. The van der Waals surface area contributed by atoms with Crippen LogP contribution < -0.4 is 5.73 Å². The molecule has 0 saturated carbocycles. The Labute approximate surface area is 82.5 Å². The van der Waals surface area contributed by atoms with Gasteiger partial charge in [-0.2, -0.15) is 0 Å². The number of nitrogen functional groups attached to an aromatic ring is 1. The Kier molecular flexibility index (Phi) is 2.87. The van der Waals surface area contributed by atoms with Gasteiger partial charge in [-0.05, 0) is 12.1 Å². The summed E-state index contributed by atoms with van der Waals surface area (Å²) in [5.74, 6) is -1.80. The van der Waals surface area contributed by atoms with Crippen LogP contribution in [0.1, 0.15) is 10.4 Å². The molecular weight excluding hydrogens is 241 g/mol. The lowest BCUT2D eigenvalue weighted by atomic mass is 10.1. The van der Waals surface area contributed by atoms with Gasteiger partial charge in [-0.25, -0.2) is 4.39 Å². The normalized spacial score (nSPS) is 10.0. The molecule has 0 aliphatic carbocycles. The van der Waals surface area contributed by atoms with Gasteiger partial charge in [0.15, 0.2) is 11.5 Å². The highest BCUT2D eigenvalue weighted by atomic mass is 79.9. The van der Waals surface area contributed by atoms with E-state index < -0.39 is 17.3 Å². The van der Waals surface area contributed by atoms with Crippen molar-refractivity contribution in [2.75, 3.05) is 11.1 Å². The maximum Gasteiger partial charge on any atom is 0.180 e. The number of Topliss-reactive ketones (excluding diaryl/α,β-unsaturated/α-hetero) is 1. The number of phenolic OH excluding ortho intramolecular Hbond substituents is 1. The quantitative estimate of drug-likeness (QED) is 0.362. The van der Waals surface area contributed by atoms with Crippen LogP contribution in [0.5, 0.6) is 5.75 Å². The van der Waals surface area contributed by atoms with Crippen molar-refractivity contribution in [3.8, 4) is 5.75 Å². The maximum absolute atomic E-state index is 13.0. The summed E-state index contributed by atoms with van der Waals surface area (Å²) in [5.41, 5.74) is 4.93. The van der Waals surface area contributed by atoms with E-state index in [2.05, 4.69) is 15.9 Å². The Hall–Kier alpha value is -1.10. The number of benzene rings is 1. The molecule has 0 unspecified atom stereocenters. The van der Waals surface area contributed by atoms with Crippen molar-refractivity contribution >= 4 is 27.4 Å². The highest BCUT2D eigenvalue weighted by Gasteiger charge is 2.17. The van der Waals surface area contributed by atoms with Gasteiger partial charge in [0.2, 0.25) is 0 Å². The van der Waals surface area contributed by atoms with Crippen LogP contribution in [0.15, 0.2) is 12.1 Å². The monoisotopic (exact) mass is 247 g/mol. The van der Waals surface area contributed by atoms with Gasteiger partial charge in [-0.15, -0.1) is 0 Å². The Balaban J connectivity index is 3.33. The van der Waals surface area contributed by atoms with Crippen LogP contribution >= 0.6 is 15.9 Å². The van der Waals surface area contributed by atoms with Gasteiger partial charge in [-0.1, -0.05) is 15.9 Å². The number of phenols is 1. The van der Waals surface area contributed by atoms with Crippen LogP contribution in [0.3, 0.4) is 0 Å². The predicted octanol–water partition coefficient (Wildman–Crippen LogP) is 1.69. The van der Waals surface area contributed by atoms with Gasteiger partial charge in [0.25, 0.3) is 0 Å². The average Bonchev–Trinajstić information content (AvgIpc) is 2.12. The summed E-state index contributed by atoms with van der Waals surface area (Å²) >= 11 is 2.88. The fourth-order valence-corrected chi connectivity index (χ4v) is 1.20. The number of alkyl halides is 1. The Morgan fingerprint density at radius 1 is 1.62 bits per heavy atom. The second kappa shape index (κ2) is 3.74. The van der Waals surface area contributed by atoms with Crippen LogP contribution in [0, 0.1) is 5.82 Å². The zero-order chi connectivity index (χ0) is 10.0. The summed E-state index contributed by atoms with van der Waals surface area (Å²) < 4.78 is 13.0. The molecule has 3 N–H and O–H groups in total. The number of ketones is 1. The molecule has 0 aliphatic heterocycles. The lowest BCUT2D eigenvalue weighted by Crippen LogP contribution is -2.05. The molecule has 0 atom stereocenters. The van der Waals surface area contributed by atoms with Gasteiger partial charge in [0, 0.05) is 0 Å². The molecule has 0 fully saturated rings. The average molecular weight is 248 g/mol. The summed E-state index contributed by atoms with van der Waals surface area (Å²) in [4.78, 5) is 11.1. The van der Waals surface area contributed by atoms with Crippen molar-refractivity contribution in [2.45, 2.75) is 0 Å². The van der Waals surface area contributed by atoms with Gasteiger partial charge < -0.3 is 10.8 Å². The minimum Gasteiger partial charge on any atom is -0.505 e. The number of hydrogen-bond donors (Lipinski definition) is 2. The maximum atomic E-state index is 13.0. The number of nitrogens with two attached hydrogens (primary N) is 1. The van der Waals surface area contributed by atoms with E-state index in [-0.39, 0.29) is 16.6 Å². The lowest BCUT2D eigenvalue weighted by Gasteiger charge is -2.05. The number of carbonyl (C=O) groups excluding carboxylic acids is 1. The zero-order valence-corrected chi connectivity index (χ0v) is 8.14. The van der Waals surface area contributed by atoms with Crippen LogP contribution in [0.4, 0.5) is 10.1 Å². The highest BCUT2D eigenvalue weighted by Crippen LogP contribution is 2.27. The molecule has 1 rings (SSSR count). The van der Waals surface area contributed by atoms with Crippen LogP contribution in [0.2, 0.25) is 0 Å². The minimum atomic E-state index is -0.767. The van der Waals surface area contributed by atoms with Crippen LogP contribution in [0.25, 0.3) is 0 Å². The smallest absolute Gasteiger partial charge is 0.180 e. The van der Waals surface area contributed by atoms with Gasteiger partial charge in [0.05, 0.1) is 16.6 Å². The van der Waals surface area contributed by atoms with Crippen molar-refractivity contribution in [3.63, 3.8) is 0 Å².